The Morgan fingerprint density at radius 3 is 2.81 bits per heavy atom. The minimum atomic E-state index is 0.0446. The smallest absolute Gasteiger partial charge is 0.0847 e. The summed E-state index contributed by atoms with van der Waals surface area (Å²) in [4.78, 5) is 0. The van der Waals surface area contributed by atoms with E-state index in [1.165, 1.54) is 36.0 Å². The summed E-state index contributed by atoms with van der Waals surface area (Å²) in [6.07, 6.45) is 4.35. The molecule has 1 aliphatic carbocycles. The van der Waals surface area contributed by atoms with Gasteiger partial charge in [-0.05, 0) is 42.9 Å². The van der Waals surface area contributed by atoms with Gasteiger partial charge in [0.25, 0.3) is 0 Å². The third-order valence-corrected chi connectivity index (χ3v) is 4.88. The largest absolute Gasteiger partial charge is 0.271 e. The van der Waals surface area contributed by atoms with Crippen molar-refractivity contribution in [1.29, 1.82) is 0 Å². The SMILES string of the molecule is Cc1nn(C)c(CC(NN)c2ccc3c(c2)CCC3)c1Cl. The maximum Gasteiger partial charge on any atom is 0.0847 e. The van der Waals surface area contributed by atoms with Crippen LogP contribution in [0.3, 0.4) is 0 Å². The van der Waals surface area contributed by atoms with E-state index < -0.39 is 0 Å². The van der Waals surface area contributed by atoms with Gasteiger partial charge < -0.3 is 0 Å². The summed E-state index contributed by atoms with van der Waals surface area (Å²) in [5.41, 5.74) is 8.94. The Hall–Kier alpha value is -1.36. The monoisotopic (exact) mass is 304 g/mol. The molecule has 0 aliphatic heterocycles. The maximum atomic E-state index is 6.34. The molecule has 1 aromatic carbocycles. The van der Waals surface area contributed by atoms with Crippen molar-refractivity contribution in [2.75, 3.05) is 0 Å². The van der Waals surface area contributed by atoms with Gasteiger partial charge in [-0.2, -0.15) is 5.10 Å². The number of aryl methyl sites for hydroxylation is 4. The van der Waals surface area contributed by atoms with E-state index in [1.807, 2.05) is 18.7 Å². The molecule has 2 aromatic rings. The zero-order valence-corrected chi connectivity index (χ0v) is 13.2. The standard InChI is InChI=1S/C16H21ClN4/c1-10-16(17)15(21(2)20-10)9-14(19-18)13-7-6-11-4-3-5-12(11)8-13/h6-8,14,19H,3-5,9,18H2,1-2H3. The van der Waals surface area contributed by atoms with Crippen molar-refractivity contribution in [3.8, 4) is 0 Å². The Bertz CT molecular complexity index is 663. The first-order valence-electron chi connectivity index (χ1n) is 7.36. The van der Waals surface area contributed by atoms with Crippen LogP contribution in [0.25, 0.3) is 0 Å². The lowest BCUT2D eigenvalue weighted by atomic mass is 9.98. The summed E-state index contributed by atoms with van der Waals surface area (Å²) in [5, 5.41) is 5.10. The number of aromatic nitrogens is 2. The number of hydrogen-bond donors (Lipinski definition) is 2. The van der Waals surface area contributed by atoms with E-state index in [-0.39, 0.29) is 6.04 Å². The molecule has 0 saturated carbocycles. The molecule has 0 radical (unpaired) electrons. The number of fused-ring (bicyclic) bond motifs is 1. The Morgan fingerprint density at radius 2 is 2.14 bits per heavy atom. The molecule has 4 nitrogen and oxygen atoms in total. The van der Waals surface area contributed by atoms with E-state index in [9.17, 15) is 0 Å². The fourth-order valence-electron chi connectivity index (χ4n) is 3.18. The van der Waals surface area contributed by atoms with Crippen LogP contribution in [0.4, 0.5) is 0 Å². The van der Waals surface area contributed by atoms with Gasteiger partial charge in [0.2, 0.25) is 0 Å². The molecule has 0 bridgehead atoms. The second-order valence-corrected chi connectivity index (χ2v) is 6.15. The van der Waals surface area contributed by atoms with Gasteiger partial charge in [0, 0.05) is 13.5 Å². The topological polar surface area (TPSA) is 55.9 Å². The molecule has 1 aromatic heterocycles. The Labute approximate surface area is 130 Å². The van der Waals surface area contributed by atoms with Crippen molar-refractivity contribution >= 4 is 11.6 Å². The molecule has 1 atom stereocenters. The normalized spacial score (nSPS) is 15.2. The predicted octanol–water partition coefficient (Wildman–Crippen LogP) is 2.62. The lowest BCUT2D eigenvalue weighted by Crippen LogP contribution is -2.30. The predicted molar refractivity (Wildman–Crippen MR) is 85.2 cm³/mol. The first-order chi connectivity index (χ1) is 10.1. The van der Waals surface area contributed by atoms with Crippen LogP contribution >= 0.6 is 11.6 Å². The highest BCUT2D eigenvalue weighted by molar-refractivity contribution is 6.31. The van der Waals surface area contributed by atoms with Crippen molar-refractivity contribution in [1.82, 2.24) is 15.2 Å². The van der Waals surface area contributed by atoms with Crippen molar-refractivity contribution in [3.63, 3.8) is 0 Å². The van der Waals surface area contributed by atoms with Gasteiger partial charge in [-0.1, -0.05) is 29.8 Å². The van der Waals surface area contributed by atoms with Crippen molar-refractivity contribution in [2.45, 2.75) is 38.6 Å². The molecule has 0 spiro atoms. The van der Waals surface area contributed by atoms with Crippen molar-refractivity contribution in [3.05, 3.63) is 51.3 Å². The third kappa shape index (κ3) is 2.71. The summed E-state index contributed by atoms with van der Waals surface area (Å²) < 4.78 is 1.84. The van der Waals surface area contributed by atoms with Gasteiger partial charge >= 0.3 is 0 Å². The van der Waals surface area contributed by atoms with Gasteiger partial charge in [0.1, 0.15) is 0 Å². The highest BCUT2D eigenvalue weighted by Gasteiger charge is 2.19. The fourth-order valence-corrected chi connectivity index (χ4v) is 3.41. The number of nitrogens with zero attached hydrogens (tertiary/aromatic N) is 2. The average molecular weight is 305 g/mol. The molecule has 21 heavy (non-hydrogen) atoms. The molecule has 112 valence electrons. The Kier molecular flexibility index (Phi) is 4.02. The molecule has 1 heterocycles. The molecule has 0 amide bonds. The Morgan fingerprint density at radius 1 is 1.38 bits per heavy atom. The molecular weight excluding hydrogens is 284 g/mol. The van der Waals surface area contributed by atoms with Gasteiger partial charge in [0.15, 0.2) is 0 Å². The summed E-state index contributed by atoms with van der Waals surface area (Å²) in [6, 6.07) is 6.73. The van der Waals surface area contributed by atoms with Crippen LogP contribution in [0, 0.1) is 6.92 Å². The van der Waals surface area contributed by atoms with E-state index >= 15 is 0 Å². The highest BCUT2D eigenvalue weighted by atomic mass is 35.5. The average Bonchev–Trinajstić information content (AvgIpc) is 3.03. The number of hydrogen-bond acceptors (Lipinski definition) is 3. The van der Waals surface area contributed by atoms with Crippen LogP contribution in [0.5, 0.6) is 0 Å². The third-order valence-electron chi connectivity index (χ3n) is 4.39. The fraction of sp³-hybridized carbons (Fsp3) is 0.438. The molecular formula is C16H21ClN4. The Balaban J connectivity index is 1.88. The molecule has 5 heteroatoms. The first kappa shape index (κ1) is 14.6. The number of nitrogens with two attached hydrogens (primary N) is 1. The van der Waals surface area contributed by atoms with E-state index in [4.69, 9.17) is 17.4 Å². The van der Waals surface area contributed by atoms with Gasteiger partial charge in [-0.3, -0.25) is 16.0 Å². The summed E-state index contributed by atoms with van der Waals surface area (Å²) >= 11 is 6.34. The lowest BCUT2D eigenvalue weighted by molar-refractivity contribution is 0.529. The lowest BCUT2D eigenvalue weighted by Gasteiger charge is -2.18. The first-order valence-corrected chi connectivity index (χ1v) is 7.73. The van der Waals surface area contributed by atoms with E-state index in [0.29, 0.717) is 0 Å². The van der Waals surface area contributed by atoms with Crippen LogP contribution in [-0.4, -0.2) is 9.78 Å². The van der Waals surface area contributed by atoms with Gasteiger partial charge in [0.05, 0.1) is 22.5 Å². The number of rotatable bonds is 4. The minimum absolute atomic E-state index is 0.0446. The van der Waals surface area contributed by atoms with Crippen LogP contribution in [0.2, 0.25) is 5.02 Å². The molecule has 3 rings (SSSR count). The van der Waals surface area contributed by atoms with Gasteiger partial charge in [-0.15, -0.1) is 0 Å². The quantitative estimate of drug-likeness (QED) is 0.674. The van der Waals surface area contributed by atoms with Crippen LogP contribution in [-0.2, 0) is 26.3 Å². The van der Waals surface area contributed by atoms with Crippen LogP contribution in [0.1, 0.15) is 40.5 Å². The second-order valence-electron chi connectivity index (χ2n) is 5.77. The zero-order chi connectivity index (χ0) is 15.0. The second kappa shape index (κ2) is 5.79. The zero-order valence-electron chi connectivity index (χ0n) is 12.5. The molecule has 0 saturated heterocycles. The number of hydrazine groups is 1. The molecule has 0 fully saturated rings. The van der Waals surface area contributed by atoms with E-state index in [0.717, 1.165) is 22.8 Å². The minimum Gasteiger partial charge on any atom is -0.271 e. The van der Waals surface area contributed by atoms with Crippen LogP contribution in [0.15, 0.2) is 18.2 Å². The van der Waals surface area contributed by atoms with E-state index in [2.05, 4.69) is 28.7 Å². The highest BCUT2D eigenvalue weighted by Crippen LogP contribution is 2.29. The van der Waals surface area contributed by atoms with Crippen molar-refractivity contribution in [2.24, 2.45) is 12.9 Å². The number of nitrogens with one attached hydrogen (secondary N) is 1. The summed E-state index contributed by atoms with van der Waals surface area (Å²) in [6.45, 7) is 1.92. The van der Waals surface area contributed by atoms with Crippen molar-refractivity contribution < 1.29 is 0 Å². The van der Waals surface area contributed by atoms with Crippen LogP contribution < -0.4 is 11.3 Å². The number of halogens is 1. The molecule has 1 unspecified atom stereocenters. The van der Waals surface area contributed by atoms with E-state index in [1.54, 1.807) is 0 Å². The maximum absolute atomic E-state index is 6.34. The summed E-state index contributed by atoms with van der Waals surface area (Å²) in [7, 11) is 1.92. The number of benzene rings is 1. The molecule has 1 aliphatic rings. The summed E-state index contributed by atoms with van der Waals surface area (Å²) in [5.74, 6) is 5.78. The van der Waals surface area contributed by atoms with Gasteiger partial charge in [-0.25, -0.2) is 0 Å². The molecule has 3 N–H and O–H groups in total.